The van der Waals surface area contributed by atoms with Crippen LogP contribution >= 0.6 is 11.8 Å². The van der Waals surface area contributed by atoms with Crippen LogP contribution in [0.15, 0.2) is 53.4 Å². The Bertz CT molecular complexity index is 806. The highest BCUT2D eigenvalue weighted by molar-refractivity contribution is 8.01. The summed E-state index contributed by atoms with van der Waals surface area (Å²) < 4.78 is 16.1. The first kappa shape index (κ1) is 26.1. The van der Waals surface area contributed by atoms with Crippen molar-refractivity contribution in [1.82, 2.24) is 4.90 Å². The molecule has 0 saturated carbocycles. The van der Waals surface area contributed by atoms with E-state index < -0.39 is 4.75 Å². The molecule has 6 heteroatoms. The predicted octanol–water partition coefficient (Wildman–Crippen LogP) is 5.46. The highest BCUT2D eigenvalue weighted by Crippen LogP contribution is 2.37. The topological polar surface area (TPSA) is 48.0 Å². The Labute approximate surface area is 197 Å². The molecule has 2 rings (SSSR count). The molecule has 0 aliphatic carbocycles. The molecule has 0 aliphatic heterocycles. The molecule has 32 heavy (non-hydrogen) atoms. The second-order valence-corrected chi connectivity index (χ2v) is 9.23. The van der Waals surface area contributed by atoms with Gasteiger partial charge in [-0.15, -0.1) is 11.8 Å². The van der Waals surface area contributed by atoms with E-state index in [1.807, 2.05) is 69.3 Å². The SMILES string of the molecule is CCOC(=O)C(C)(Cc1ccc(OCCN(CC)CC)cc1)Sc1ccc(OCC)cc1. The summed E-state index contributed by atoms with van der Waals surface area (Å²) in [5.74, 6) is 1.46. The first-order chi connectivity index (χ1) is 15.4. The van der Waals surface area contributed by atoms with Gasteiger partial charge in [0, 0.05) is 11.4 Å². The van der Waals surface area contributed by atoms with Gasteiger partial charge in [-0.2, -0.15) is 0 Å². The molecule has 0 fully saturated rings. The summed E-state index contributed by atoms with van der Waals surface area (Å²) in [4.78, 5) is 16.2. The minimum atomic E-state index is -0.742. The van der Waals surface area contributed by atoms with Gasteiger partial charge in [0.2, 0.25) is 0 Å². The molecule has 0 amide bonds. The molecule has 2 aromatic carbocycles. The zero-order chi connectivity index (χ0) is 23.4. The highest BCUT2D eigenvalue weighted by atomic mass is 32.2. The van der Waals surface area contributed by atoms with Gasteiger partial charge < -0.3 is 19.1 Å². The molecular formula is C26H37NO4S. The Morgan fingerprint density at radius 2 is 1.47 bits per heavy atom. The molecule has 0 bridgehead atoms. The molecule has 0 aromatic heterocycles. The summed E-state index contributed by atoms with van der Waals surface area (Å²) in [5, 5.41) is 0. The first-order valence-electron chi connectivity index (χ1n) is 11.5. The van der Waals surface area contributed by atoms with E-state index in [0.29, 0.717) is 26.2 Å². The predicted molar refractivity (Wildman–Crippen MR) is 132 cm³/mol. The van der Waals surface area contributed by atoms with Gasteiger partial charge in [0.15, 0.2) is 0 Å². The molecule has 0 radical (unpaired) electrons. The second kappa shape index (κ2) is 13.4. The Balaban J connectivity index is 2.06. The van der Waals surface area contributed by atoms with E-state index in [4.69, 9.17) is 14.2 Å². The van der Waals surface area contributed by atoms with Crippen LogP contribution in [0.4, 0.5) is 0 Å². The molecule has 0 aliphatic rings. The van der Waals surface area contributed by atoms with E-state index in [1.54, 1.807) is 0 Å². The minimum absolute atomic E-state index is 0.210. The lowest BCUT2D eigenvalue weighted by molar-refractivity contribution is -0.145. The van der Waals surface area contributed by atoms with Gasteiger partial charge in [-0.05, 0) is 82.2 Å². The van der Waals surface area contributed by atoms with Gasteiger partial charge in [0.05, 0.1) is 13.2 Å². The molecule has 2 aromatic rings. The smallest absolute Gasteiger partial charge is 0.322 e. The van der Waals surface area contributed by atoms with Crippen molar-refractivity contribution in [2.24, 2.45) is 0 Å². The van der Waals surface area contributed by atoms with Crippen molar-refractivity contribution in [3.8, 4) is 11.5 Å². The third kappa shape index (κ3) is 8.06. The van der Waals surface area contributed by atoms with Crippen LogP contribution in [0.3, 0.4) is 0 Å². The van der Waals surface area contributed by atoms with Gasteiger partial charge in [-0.25, -0.2) is 0 Å². The lowest BCUT2D eigenvalue weighted by atomic mass is 10.00. The van der Waals surface area contributed by atoms with Crippen LogP contribution in [0.1, 0.15) is 40.2 Å². The number of nitrogens with zero attached hydrogens (tertiary/aromatic N) is 1. The van der Waals surface area contributed by atoms with Crippen LogP contribution in [0.25, 0.3) is 0 Å². The van der Waals surface area contributed by atoms with Crippen molar-refractivity contribution in [3.63, 3.8) is 0 Å². The Morgan fingerprint density at radius 1 is 0.875 bits per heavy atom. The van der Waals surface area contributed by atoms with Crippen LogP contribution < -0.4 is 9.47 Å². The fraction of sp³-hybridized carbons (Fsp3) is 0.500. The lowest BCUT2D eigenvalue weighted by Gasteiger charge is -2.27. The number of carbonyl (C=O) groups is 1. The van der Waals surface area contributed by atoms with E-state index >= 15 is 0 Å². The molecular weight excluding hydrogens is 422 g/mol. The number of carbonyl (C=O) groups excluding carboxylic acids is 1. The van der Waals surface area contributed by atoms with E-state index in [1.165, 1.54) is 11.8 Å². The molecule has 0 heterocycles. The molecule has 176 valence electrons. The maximum Gasteiger partial charge on any atom is 0.322 e. The standard InChI is InChI=1S/C26H37NO4S/c1-6-27(7-2)18-19-31-23-12-10-21(11-13-23)20-26(5,25(28)30-9-4)32-24-16-14-22(15-17-24)29-8-3/h10-17H,6-9,18-20H2,1-5H3. The monoisotopic (exact) mass is 459 g/mol. The zero-order valence-corrected chi connectivity index (χ0v) is 20.9. The number of likely N-dealkylation sites (N-methyl/N-ethyl adjacent to an activating group) is 1. The summed E-state index contributed by atoms with van der Waals surface area (Å²) in [5.41, 5.74) is 1.06. The maximum absolute atomic E-state index is 12.9. The third-order valence-corrected chi connectivity index (χ3v) is 6.49. The van der Waals surface area contributed by atoms with E-state index in [-0.39, 0.29) is 5.97 Å². The van der Waals surface area contributed by atoms with Crippen LogP contribution in [0, 0.1) is 0 Å². The Kier molecular flexibility index (Phi) is 10.9. The molecule has 1 unspecified atom stereocenters. The zero-order valence-electron chi connectivity index (χ0n) is 20.1. The first-order valence-corrected chi connectivity index (χ1v) is 12.3. The average Bonchev–Trinajstić information content (AvgIpc) is 2.79. The molecule has 0 saturated heterocycles. The van der Waals surface area contributed by atoms with Gasteiger partial charge in [0.25, 0.3) is 0 Å². The quantitative estimate of drug-likeness (QED) is 0.276. The number of rotatable bonds is 14. The van der Waals surface area contributed by atoms with Gasteiger partial charge in [-0.3, -0.25) is 4.79 Å². The van der Waals surface area contributed by atoms with Crippen LogP contribution in [0.5, 0.6) is 11.5 Å². The fourth-order valence-electron chi connectivity index (χ4n) is 3.39. The molecule has 1 atom stereocenters. The number of ether oxygens (including phenoxy) is 3. The average molecular weight is 460 g/mol. The minimum Gasteiger partial charge on any atom is -0.494 e. The molecule has 0 spiro atoms. The van der Waals surface area contributed by atoms with Gasteiger partial charge in [0.1, 0.15) is 22.9 Å². The van der Waals surface area contributed by atoms with Crippen molar-refractivity contribution in [3.05, 3.63) is 54.1 Å². The summed E-state index contributed by atoms with van der Waals surface area (Å²) in [6.07, 6.45) is 0.559. The van der Waals surface area contributed by atoms with Crippen molar-refractivity contribution in [2.75, 3.05) is 39.5 Å². The van der Waals surface area contributed by atoms with Gasteiger partial charge in [-0.1, -0.05) is 26.0 Å². The number of esters is 1. The number of hydrogen-bond donors (Lipinski definition) is 0. The maximum atomic E-state index is 12.9. The summed E-state index contributed by atoms with van der Waals surface area (Å²) >= 11 is 1.52. The normalized spacial score (nSPS) is 12.9. The number of benzene rings is 2. The lowest BCUT2D eigenvalue weighted by Crippen LogP contribution is -2.36. The van der Waals surface area contributed by atoms with Crippen molar-refractivity contribution >= 4 is 17.7 Å². The number of hydrogen-bond acceptors (Lipinski definition) is 6. The Hall–Kier alpha value is -2.18. The fourth-order valence-corrected chi connectivity index (χ4v) is 4.56. The number of thioether (sulfide) groups is 1. The third-order valence-electron chi connectivity index (χ3n) is 5.22. The second-order valence-electron chi connectivity index (χ2n) is 7.65. The van der Waals surface area contributed by atoms with E-state index in [9.17, 15) is 4.79 Å². The largest absolute Gasteiger partial charge is 0.494 e. The summed E-state index contributed by atoms with van der Waals surface area (Å²) in [6.45, 7) is 14.7. The van der Waals surface area contributed by atoms with Crippen molar-refractivity contribution in [2.45, 2.75) is 50.7 Å². The van der Waals surface area contributed by atoms with Crippen molar-refractivity contribution in [1.29, 1.82) is 0 Å². The molecule has 5 nitrogen and oxygen atoms in total. The highest BCUT2D eigenvalue weighted by Gasteiger charge is 2.36. The summed E-state index contributed by atoms with van der Waals surface area (Å²) in [7, 11) is 0. The van der Waals surface area contributed by atoms with Crippen LogP contribution in [-0.4, -0.2) is 55.1 Å². The van der Waals surface area contributed by atoms with Crippen LogP contribution in [-0.2, 0) is 16.0 Å². The van der Waals surface area contributed by atoms with E-state index in [2.05, 4.69) is 18.7 Å². The summed E-state index contributed by atoms with van der Waals surface area (Å²) in [6, 6.07) is 15.9. The van der Waals surface area contributed by atoms with Crippen molar-refractivity contribution < 1.29 is 19.0 Å². The molecule has 0 N–H and O–H groups in total. The van der Waals surface area contributed by atoms with E-state index in [0.717, 1.165) is 41.6 Å². The van der Waals surface area contributed by atoms with Crippen LogP contribution in [0.2, 0.25) is 0 Å². The van der Waals surface area contributed by atoms with Gasteiger partial charge >= 0.3 is 5.97 Å². The Morgan fingerprint density at radius 3 is 2.03 bits per heavy atom.